The molecule has 0 unspecified atom stereocenters. The van der Waals surface area contributed by atoms with E-state index in [1.165, 1.54) is 26.4 Å². The van der Waals surface area contributed by atoms with E-state index in [9.17, 15) is 15.0 Å². The van der Waals surface area contributed by atoms with Crippen molar-refractivity contribution in [3.8, 4) is 23.0 Å². The summed E-state index contributed by atoms with van der Waals surface area (Å²) < 4.78 is 15.2. The van der Waals surface area contributed by atoms with Crippen molar-refractivity contribution in [2.75, 3.05) is 20.8 Å². The first-order chi connectivity index (χ1) is 12.5. The van der Waals surface area contributed by atoms with Gasteiger partial charge in [-0.15, -0.1) is 0 Å². The zero-order valence-electron chi connectivity index (χ0n) is 14.8. The van der Waals surface area contributed by atoms with Gasteiger partial charge in [0.2, 0.25) is 0 Å². The summed E-state index contributed by atoms with van der Waals surface area (Å²) in [7, 11) is 2.96. The zero-order valence-corrected chi connectivity index (χ0v) is 14.8. The van der Waals surface area contributed by atoms with Crippen molar-refractivity contribution in [3.05, 3.63) is 53.6 Å². The average molecular weight is 358 g/mol. The predicted molar refractivity (Wildman–Crippen MR) is 97.6 cm³/mol. The van der Waals surface area contributed by atoms with E-state index in [-0.39, 0.29) is 18.1 Å². The lowest BCUT2D eigenvalue weighted by Crippen LogP contribution is -2.03. The quantitative estimate of drug-likeness (QED) is 0.428. The Morgan fingerprint density at radius 3 is 2.35 bits per heavy atom. The first-order valence-electron chi connectivity index (χ1n) is 8.11. The van der Waals surface area contributed by atoms with E-state index in [1.54, 1.807) is 36.4 Å². The second-order valence-electron chi connectivity index (χ2n) is 5.54. The number of methoxy groups -OCH3 is 2. The monoisotopic (exact) mass is 358 g/mol. The maximum atomic E-state index is 11.8. The maximum absolute atomic E-state index is 11.8. The van der Waals surface area contributed by atoms with E-state index in [4.69, 9.17) is 14.2 Å². The molecule has 0 amide bonds. The number of ether oxygens (including phenoxy) is 3. The second-order valence-corrected chi connectivity index (χ2v) is 5.54. The van der Waals surface area contributed by atoms with Crippen LogP contribution in [0.2, 0.25) is 0 Å². The number of aromatic hydroxyl groups is 2. The topological polar surface area (TPSA) is 85.2 Å². The Kier molecular flexibility index (Phi) is 6.91. The largest absolute Gasteiger partial charge is 0.504 e. The second kappa shape index (κ2) is 9.36. The number of phenols is 2. The van der Waals surface area contributed by atoms with E-state index < -0.39 is 5.97 Å². The highest BCUT2D eigenvalue weighted by Gasteiger charge is 2.04. The molecular weight excluding hydrogens is 336 g/mol. The molecule has 2 aromatic rings. The van der Waals surface area contributed by atoms with Gasteiger partial charge in [0, 0.05) is 6.08 Å². The third-order valence-corrected chi connectivity index (χ3v) is 3.71. The first-order valence-corrected chi connectivity index (χ1v) is 8.11. The third-order valence-electron chi connectivity index (χ3n) is 3.71. The van der Waals surface area contributed by atoms with Crippen molar-refractivity contribution >= 4 is 12.0 Å². The van der Waals surface area contributed by atoms with Crippen LogP contribution >= 0.6 is 0 Å². The standard InChI is InChI=1S/C20H22O6/c1-24-18-12-14(5-8-16(18)21)4-3-11-26-20(23)10-7-15-6-9-17(22)19(13-15)25-2/h5-10,12-13,21-22H,3-4,11H2,1-2H3/b10-7+. The lowest BCUT2D eigenvalue weighted by molar-refractivity contribution is -0.137. The molecule has 0 aliphatic carbocycles. The van der Waals surface area contributed by atoms with Crippen molar-refractivity contribution < 1.29 is 29.2 Å². The predicted octanol–water partition coefficient (Wildman–Crippen LogP) is 3.30. The summed E-state index contributed by atoms with van der Waals surface area (Å²) in [5.41, 5.74) is 1.70. The third kappa shape index (κ3) is 5.44. The molecule has 2 rings (SSSR count). The van der Waals surface area contributed by atoms with Crippen molar-refractivity contribution in [2.45, 2.75) is 12.8 Å². The summed E-state index contributed by atoms with van der Waals surface area (Å²) in [5.74, 6) is 0.452. The van der Waals surface area contributed by atoms with Gasteiger partial charge in [-0.25, -0.2) is 4.79 Å². The van der Waals surface area contributed by atoms with E-state index in [0.717, 1.165) is 5.56 Å². The fraction of sp³-hybridized carbons (Fsp3) is 0.250. The van der Waals surface area contributed by atoms with Gasteiger partial charge in [0.05, 0.1) is 20.8 Å². The molecule has 0 spiro atoms. The fourth-order valence-electron chi connectivity index (χ4n) is 2.34. The minimum absolute atomic E-state index is 0.0399. The SMILES string of the molecule is COc1cc(/C=C/C(=O)OCCCc2ccc(O)c(OC)c2)ccc1O. The Balaban J connectivity index is 1.78. The van der Waals surface area contributed by atoms with Gasteiger partial charge in [-0.2, -0.15) is 0 Å². The molecule has 26 heavy (non-hydrogen) atoms. The van der Waals surface area contributed by atoms with E-state index >= 15 is 0 Å². The zero-order chi connectivity index (χ0) is 18.9. The van der Waals surface area contributed by atoms with Crippen LogP contribution in [0, 0.1) is 0 Å². The van der Waals surface area contributed by atoms with Crippen LogP contribution in [-0.2, 0) is 16.0 Å². The fourth-order valence-corrected chi connectivity index (χ4v) is 2.34. The van der Waals surface area contributed by atoms with Crippen LogP contribution in [0.5, 0.6) is 23.0 Å². The van der Waals surface area contributed by atoms with Gasteiger partial charge < -0.3 is 24.4 Å². The molecule has 0 aromatic heterocycles. The molecule has 0 atom stereocenters. The highest BCUT2D eigenvalue weighted by Crippen LogP contribution is 2.27. The normalized spacial score (nSPS) is 10.7. The van der Waals surface area contributed by atoms with E-state index in [2.05, 4.69) is 0 Å². The molecule has 0 radical (unpaired) electrons. The molecule has 0 bridgehead atoms. The highest BCUT2D eigenvalue weighted by molar-refractivity contribution is 5.87. The van der Waals surface area contributed by atoms with Crippen LogP contribution in [0.1, 0.15) is 17.5 Å². The van der Waals surface area contributed by atoms with Crippen LogP contribution < -0.4 is 9.47 Å². The first kappa shape index (κ1) is 19.2. The van der Waals surface area contributed by atoms with Crippen molar-refractivity contribution in [2.24, 2.45) is 0 Å². The highest BCUT2D eigenvalue weighted by atomic mass is 16.5. The molecule has 0 heterocycles. The Hall–Kier alpha value is -3.15. The van der Waals surface area contributed by atoms with Gasteiger partial charge in [-0.05, 0) is 54.3 Å². The molecule has 2 N–H and O–H groups in total. The number of hydrogen-bond acceptors (Lipinski definition) is 6. The molecule has 6 nitrogen and oxygen atoms in total. The van der Waals surface area contributed by atoms with Crippen molar-refractivity contribution in [1.29, 1.82) is 0 Å². The molecule has 0 aliphatic rings. The van der Waals surface area contributed by atoms with Gasteiger partial charge in [-0.1, -0.05) is 12.1 Å². The van der Waals surface area contributed by atoms with Crippen molar-refractivity contribution in [1.82, 2.24) is 0 Å². The lowest BCUT2D eigenvalue weighted by Gasteiger charge is -2.07. The van der Waals surface area contributed by atoms with E-state index in [1.807, 2.05) is 0 Å². The Morgan fingerprint density at radius 2 is 1.65 bits per heavy atom. The van der Waals surface area contributed by atoms with Crippen molar-refractivity contribution in [3.63, 3.8) is 0 Å². The molecule has 0 fully saturated rings. The molecule has 138 valence electrons. The summed E-state index contributed by atoms with van der Waals surface area (Å²) in [6.45, 7) is 0.283. The minimum Gasteiger partial charge on any atom is -0.504 e. The number of carbonyl (C=O) groups excluding carboxylic acids is 1. The summed E-state index contributed by atoms with van der Waals surface area (Å²) in [6.07, 6.45) is 4.27. The number of carbonyl (C=O) groups is 1. The Labute approximate surface area is 152 Å². The van der Waals surface area contributed by atoms with Gasteiger partial charge in [0.1, 0.15) is 0 Å². The smallest absolute Gasteiger partial charge is 0.330 e. The van der Waals surface area contributed by atoms with Gasteiger partial charge in [0.15, 0.2) is 23.0 Å². The van der Waals surface area contributed by atoms with Gasteiger partial charge in [0.25, 0.3) is 0 Å². The van der Waals surface area contributed by atoms with E-state index in [0.29, 0.717) is 29.9 Å². The number of esters is 1. The van der Waals surface area contributed by atoms with Crippen LogP contribution in [0.25, 0.3) is 6.08 Å². The molecule has 2 aromatic carbocycles. The molecule has 0 aliphatic heterocycles. The summed E-state index contributed by atoms with van der Waals surface area (Å²) in [6, 6.07) is 9.93. The summed E-state index contributed by atoms with van der Waals surface area (Å²) >= 11 is 0. The maximum Gasteiger partial charge on any atom is 0.330 e. The minimum atomic E-state index is -0.444. The summed E-state index contributed by atoms with van der Waals surface area (Å²) in [4.78, 5) is 11.8. The molecule has 0 saturated carbocycles. The Bertz CT molecular complexity index is 782. The van der Waals surface area contributed by atoms with Crippen LogP contribution in [0.3, 0.4) is 0 Å². The van der Waals surface area contributed by atoms with Crippen LogP contribution in [0.15, 0.2) is 42.5 Å². The average Bonchev–Trinajstić information content (AvgIpc) is 2.65. The number of aryl methyl sites for hydroxylation is 1. The van der Waals surface area contributed by atoms with Gasteiger partial charge >= 0.3 is 5.97 Å². The molecule has 0 saturated heterocycles. The molecule has 6 heteroatoms. The van der Waals surface area contributed by atoms with Crippen LogP contribution in [-0.4, -0.2) is 37.0 Å². The summed E-state index contributed by atoms with van der Waals surface area (Å²) in [5, 5.41) is 19.1. The number of hydrogen-bond donors (Lipinski definition) is 2. The lowest BCUT2D eigenvalue weighted by atomic mass is 10.1. The Morgan fingerprint density at radius 1 is 1.00 bits per heavy atom. The van der Waals surface area contributed by atoms with Gasteiger partial charge in [-0.3, -0.25) is 0 Å². The number of phenolic OH excluding ortho intramolecular Hbond substituents is 2. The number of rotatable bonds is 8. The molecular formula is C20H22O6. The van der Waals surface area contributed by atoms with Crippen LogP contribution in [0.4, 0.5) is 0 Å². The number of benzene rings is 2.